The van der Waals surface area contributed by atoms with Crippen LogP contribution in [0, 0.1) is 6.92 Å². The number of nitrogens with two attached hydrogens (primary N) is 1. The molecule has 0 aliphatic heterocycles. The summed E-state index contributed by atoms with van der Waals surface area (Å²) in [4.78, 5) is 2.31. The first-order valence-corrected chi connectivity index (χ1v) is 7.65. The molecule has 0 heterocycles. The molecule has 2 nitrogen and oxygen atoms in total. The van der Waals surface area contributed by atoms with Crippen molar-refractivity contribution in [3.63, 3.8) is 0 Å². The molecular formula is C18H23ClN2. The molecule has 112 valence electrons. The van der Waals surface area contributed by atoms with Crippen LogP contribution in [0.2, 0.25) is 5.02 Å². The van der Waals surface area contributed by atoms with Crippen molar-refractivity contribution in [2.75, 3.05) is 13.6 Å². The lowest BCUT2D eigenvalue weighted by Gasteiger charge is -2.34. The minimum absolute atomic E-state index is 0.195. The Morgan fingerprint density at radius 3 is 2.48 bits per heavy atom. The molecule has 2 aromatic rings. The fourth-order valence-electron chi connectivity index (χ4n) is 2.74. The predicted molar refractivity (Wildman–Crippen MR) is 90.6 cm³/mol. The van der Waals surface area contributed by atoms with Gasteiger partial charge in [0.1, 0.15) is 0 Å². The van der Waals surface area contributed by atoms with Crippen LogP contribution in [0.25, 0.3) is 0 Å². The first-order chi connectivity index (χ1) is 10.0. The van der Waals surface area contributed by atoms with Crippen molar-refractivity contribution in [3.8, 4) is 0 Å². The van der Waals surface area contributed by atoms with E-state index in [0.29, 0.717) is 6.54 Å². The van der Waals surface area contributed by atoms with E-state index in [1.54, 1.807) is 0 Å². The average molecular weight is 303 g/mol. The van der Waals surface area contributed by atoms with Gasteiger partial charge in [-0.15, -0.1) is 0 Å². The summed E-state index contributed by atoms with van der Waals surface area (Å²) in [5, 5.41) is 0.771. The zero-order valence-electron chi connectivity index (χ0n) is 12.9. The van der Waals surface area contributed by atoms with Gasteiger partial charge in [0.25, 0.3) is 0 Å². The second-order valence-corrected chi connectivity index (χ2v) is 5.94. The molecule has 0 fully saturated rings. The van der Waals surface area contributed by atoms with Gasteiger partial charge in [0.05, 0.1) is 0 Å². The molecule has 2 unspecified atom stereocenters. The standard InChI is InChI=1S/C18H23ClN2/c1-13-7-4-5-10-17(13)18(12-20)21(3)14(2)15-8-6-9-16(19)11-15/h4-11,14,18H,12,20H2,1-3H3. The maximum absolute atomic E-state index is 6.11. The predicted octanol–water partition coefficient (Wildman–Crippen LogP) is 4.34. The first kappa shape index (κ1) is 16.0. The number of likely N-dealkylation sites (N-methyl/N-ethyl adjacent to an activating group) is 1. The van der Waals surface area contributed by atoms with Crippen molar-refractivity contribution in [1.82, 2.24) is 4.90 Å². The van der Waals surface area contributed by atoms with Crippen LogP contribution in [-0.2, 0) is 0 Å². The van der Waals surface area contributed by atoms with Crippen LogP contribution in [0.3, 0.4) is 0 Å². The molecule has 0 aliphatic rings. The van der Waals surface area contributed by atoms with Crippen molar-refractivity contribution in [1.29, 1.82) is 0 Å². The molecule has 0 amide bonds. The van der Waals surface area contributed by atoms with Gasteiger partial charge >= 0.3 is 0 Å². The molecule has 0 aromatic heterocycles. The van der Waals surface area contributed by atoms with Gasteiger partial charge in [-0.3, -0.25) is 4.90 Å². The Labute approximate surface area is 132 Å². The number of halogens is 1. The Kier molecular flexibility index (Phi) is 5.40. The van der Waals surface area contributed by atoms with Crippen LogP contribution < -0.4 is 5.73 Å². The normalized spacial score (nSPS) is 14.2. The maximum Gasteiger partial charge on any atom is 0.0476 e. The first-order valence-electron chi connectivity index (χ1n) is 7.27. The van der Waals surface area contributed by atoms with Crippen LogP contribution >= 0.6 is 11.6 Å². The number of nitrogens with zero attached hydrogens (tertiary/aromatic N) is 1. The van der Waals surface area contributed by atoms with E-state index >= 15 is 0 Å². The minimum Gasteiger partial charge on any atom is -0.329 e. The molecule has 3 heteroatoms. The van der Waals surface area contributed by atoms with Crippen LogP contribution in [-0.4, -0.2) is 18.5 Å². The topological polar surface area (TPSA) is 29.3 Å². The largest absolute Gasteiger partial charge is 0.329 e. The monoisotopic (exact) mass is 302 g/mol. The van der Waals surface area contributed by atoms with Gasteiger partial charge in [0.15, 0.2) is 0 Å². The van der Waals surface area contributed by atoms with E-state index in [-0.39, 0.29) is 12.1 Å². The van der Waals surface area contributed by atoms with Gasteiger partial charge in [0, 0.05) is 23.7 Å². The van der Waals surface area contributed by atoms with E-state index in [4.69, 9.17) is 17.3 Å². The second-order valence-electron chi connectivity index (χ2n) is 5.50. The fourth-order valence-corrected chi connectivity index (χ4v) is 2.94. The van der Waals surface area contributed by atoms with Gasteiger partial charge < -0.3 is 5.73 Å². The Bertz CT molecular complexity index is 597. The molecule has 2 rings (SSSR count). The fraction of sp³-hybridized carbons (Fsp3) is 0.333. The van der Waals surface area contributed by atoms with Crippen LogP contribution in [0.1, 0.15) is 35.7 Å². The van der Waals surface area contributed by atoms with E-state index < -0.39 is 0 Å². The summed E-state index contributed by atoms with van der Waals surface area (Å²) < 4.78 is 0. The van der Waals surface area contributed by atoms with Crippen molar-refractivity contribution in [3.05, 3.63) is 70.2 Å². The Morgan fingerprint density at radius 2 is 1.86 bits per heavy atom. The van der Waals surface area contributed by atoms with Crippen molar-refractivity contribution in [2.24, 2.45) is 5.73 Å². The number of hydrogen-bond acceptors (Lipinski definition) is 2. The third-order valence-corrected chi connectivity index (χ3v) is 4.44. The highest BCUT2D eigenvalue weighted by molar-refractivity contribution is 6.30. The highest BCUT2D eigenvalue weighted by atomic mass is 35.5. The molecule has 0 radical (unpaired) electrons. The summed E-state index contributed by atoms with van der Waals surface area (Å²) in [6.45, 7) is 4.91. The van der Waals surface area contributed by atoms with Crippen molar-refractivity contribution in [2.45, 2.75) is 25.9 Å². The van der Waals surface area contributed by atoms with E-state index in [0.717, 1.165) is 5.02 Å². The summed E-state index contributed by atoms with van der Waals surface area (Å²) in [6, 6.07) is 16.9. The summed E-state index contributed by atoms with van der Waals surface area (Å²) in [5.74, 6) is 0. The average Bonchev–Trinajstić information content (AvgIpc) is 2.49. The van der Waals surface area contributed by atoms with Gasteiger partial charge in [-0.2, -0.15) is 0 Å². The number of hydrogen-bond donors (Lipinski definition) is 1. The lowest BCUT2D eigenvalue weighted by molar-refractivity contribution is 0.190. The highest BCUT2D eigenvalue weighted by Crippen LogP contribution is 2.30. The zero-order valence-corrected chi connectivity index (χ0v) is 13.6. The molecule has 0 spiro atoms. The summed E-state index contributed by atoms with van der Waals surface area (Å²) >= 11 is 6.11. The number of aryl methyl sites for hydroxylation is 1. The quantitative estimate of drug-likeness (QED) is 0.890. The molecule has 2 N–H and O–H groups in total. The van der Waals surface area contributed by atoms with Gasteiger partial charge in [-0.05, 0) is 49.7 Å². The zero-order chi connectivity index (χ0) is 15.4. The van der Waals surface area contributed by atoms with Crippen molar-refractivity contribution >= 4 is 11.6 Å². The highest BCUT2D eigenvalue weighted by Gasteiger charge is 2.22. The van der Waals surface area contributed by atoms with Crippen LogP contribution in [0.4, 0.5) is 0 Å². The van der Waals surface area contributed by atoms with Crippen LogP contribution in [0.5, 0.6) is 0 Å². The molecular weight excluding hydrogens is 280 g/mol. The maximum atomic E-state index is 6.11. The molecule has 0 bridgehead atoms. The van der Waals surface area contributed by atoms with E-state index in [1.807, 2.05) is 18.2 Å². The Morgan fingerprint density at radius 1 is 1.14 bits per heavy atom. The van der Waals surface area contributed by atoms with Crippen LogP contribution in [0.15, 0.2) is 48.5 Å². The van der Waals surface area contributed by atoms with Gasteiger partial charge in [-0.25, -0.2) is 0 Å². The van der Waals surface area contributed by atoms with Gasteiger partial charge in [-0.1, -0.05) is 48.0 Å². The van der Waals surface area contributed by atoms with Crippen molar-refractivity contribution < 1.29 is 0 Å². The van der Waals surface area contributed by atoms with E-state index in [2.05, 4.69) is 56.1 Å². The Balaban J connectivity index is 2.28. The molecule has 0 aliphatic carbocycles. The lowest BCUT2D eigenvalue weighted by atomic mass is 9.97. The third kappa shape index (κ3) is 3.65. The molecule has 2 aromatic carbocycles. The molecule has 0 saturated carbocycles. The molecule has 2 atom stereocenters. The summed E-state index contributed by atoms with van der Waals surface area (Å²) in [6.07, 6.45) is 0. The number of benzene rings is 2. The van der Waals surface area contributed by atoms with E-state index in [1.165, 1.54) is 16.7 Å². The smallest absolute Gasteiger partial charge is 0.0476 e. The lowest BCUT2D eigenvalue weighted by Crippen LogP contribution is -2.33. The minimum atomic E-state index is 0.195. The third-order valence-electron chi connectivity index (χ3n) is 4.20. The SMILES string of the molecule is Cc1ccccc1C(CN)N(C)C(C)c1cccc(Cl)c1. The van der Waals surface area contributed by atoms with E-state index in [9.17, 15) is 0 Å². The summed E-state index contributed by atoms with van der Waals surface area (Å²) in [5.41, 5.74) is 9.82. The Hall–Kier alpha value is -1.35. The van der Waals surface area contributed by atoms with Gasteiger partial charge in [0.2, 0.25) is 0 Å². The molecule has 21 heavy (non-hydrogen) atoms. The summed E-state index contributed by atoms with van der Waals surface area (Å²) in [7, 11) is 2.12. The number of rotatable bonds is 5. The second kappa shape index (κ2) is 7.08. The molecule has 0 saturated heterocycles.